The molecule has 0 aromatic carbocycles. The van der Waals surface area contributed by atoms with Crippen LogP contribution in [0.2, 0.25) is 5.02 Å². The molecule has 1 fully saturated rings. The molecule has 0 spiro atoms. The van der Waals surface area contributed by atoms with E-state index in [1.165, 1.54) is 0 Å². The fourth-order valence-corrected chi connectivity index (χ4v) is 2.52. The van der Waals surface area contributed by atoms with E-state index in [9.17, 15) is 0 Å². The molecule has 0 aliphatic carbocycles. The summed E-state index contributed by atoms with van der Waals surface area (Å²) >= 11 is 6.12. The van der Waals surface area contributed by atoms with E-state index in [2.05, 4.69) is 10.5 Å². The molecule has 0 bridgehead atoms. The minimum Gasteiger partial charge on any atom is -0.381 e. The highest BCUT2D eigenvalue weighted by molar-refractivity contribution is 6.31. The van der Waals surface area contributed by atoms with Gasteiger partial charge in [0, 0.05) is 19.6 Å². The predicted molar refractivity (Wildman–Crippen MR) is 61.8 cm³/mol. The molecular weight excluding hydrogens is 228 g/mol. The number of hydrogen-bond acceptors (Lipinski definition) is 4. The van der Waals surface area contributed by atoms with Crippen LogP contribution < -0.4 is 11.3 Å². The topological polar surface area (TPSA) is 65.1 Å². The van der Waals surface area contributed by atoms with E-state index in [-0.39, 0.29) is 6.04 Å². The van der Waals surface area contributed by atoms with Gasteiger partial charge in [-0.05, 0) is 12.8 Å². The molecule has 2 rings (SSSR count). The van der Waals surface area contributed by atoms with Gasteiger partial charge in [-0.15, -0.1) is 0 Å². The molecule has 2 atom stereocenters. The normalized spacial score (nSPS) is 23.3. The summed E-state index contributed by atoms with van der Waals surface area (Å²) in [6.45, 7) is 1.56. The Morgan fingerprint density at radius 2 is 2.56 bits per heavy atom. The summed E-state index contributed by atoms with van der Waals surface area (Å²) in [7, 11) is 1.87. The Labute approximate surface area is 99.9 Å². The van der Waals surface area contributed by atoms with E-state index < -0.39 is 0 Å². The molecule has 2 heterocycles. The van der Waals surface area contributed by atoms with Crippen molar-refractivity contribution >= 4 is 11.6 Å². The summed E-state index contributed by atoms with van der Waals surface area (Å²) in [4.78, 5) is 0. The van der Waals surface area contributed by atoms with Crippen LogP contribution in [0.3, 0.4) is 0 Å². The summed E-state index contributed by atoms with van der Waals surface area (Å²) < 4.78 is 7.24. The molecule has 16 heavy (non-hydrogen) atoms. The fraction of sp³-hybridized carbons (Fsp3) is 0.700. The van der Waals surface area contributed by atoms with Crippen LogP contribution in [0.1, 0.15) is 24.6 Å². The van der Waals surface area contributed by atoms with Gasteiger partial charge in [-0.1, -0.05) is 11.6 Å². The standard InChI is InChI=1S/C10H17ClN4O/c1-15-10(8(11)5-13-15)9(14-12)7-3-2-4-16-6-7/h5,7,9,14H,2-4,6,12H2,1H3. The third-order valence-electron chi connectivity index (χ3n) is 3.08. The van der Waals surface area contributed by atoms with Crippen LogP contribution in [-0.2, 0) is 11.8 Å². The highest BCUT2D eigenvalue weighted by Crippen LogP contribution is 2.31. The SMILES string of the molecule is Cn1ncc(Cl)c1C(NN)C1CCCOC1. The maximum absolute atomic E-state index is 6.12. The van der Waals surface area contributed by atoms with Gasteiger partial charge in [-0.2, -0.15) is 5.10 Å². The van der Waals surface area contributed by atoms with E-state index in [0.29, 0.717) is 10.9 Å². The molecule has 3 N–H and O–H groups in total. The Bertz CT molecular complexity index is 329. The number of nitrogens with zero attached hydrogens (tertiary/aromatic N) is 2. The molecule has 1 saturated heterocycles. The lowest BCUT2D eigenvalue weighted by Gasteiger charge is -2.29. The highest BCUT2D eigenvalue weighted by Gasteiger charge is 2.28. The molecule has 1 aromatic heterocycles. The van der Waals surface area contributed by atoms with Crippen molar-refractivity contribution in [2.24, 2.45) is 18.8 Å². The van der Waals surface area contributed by atoms with Crippen LogP contribution in [0.5, 0.6) is 0 Å². The van der Waals surface area contributed by atoms with Crippen molar-refractivity contribution in [1.82, 2.24) is 15.2 Å². The average molecular weight is 245 g/mol. The largest absolute Gasteiger partial charge is 0.381 e. The molecule has 1 aliphatic heterocycles. The van der Waals surface area contributed by atoms with Crippen LogP contribution in [0.4, 0.5) is 0 Å². The number of halogens is 1. The highest BCUT2D eigenvalue weighted by atomic mass is 35.5. The molecule has 0 radical (unpaired) electrons. The van der Waals surface area contributed by atoms with Crippen molar-refractivity contribution < 1.29 is 4.74 Å². The monoisotopic (exact) mass is 244 g/mol. The molecule has 90 valence electrons. The van der Waals surface area contributed by atoms with Gasteiger partial charge < -0.3 is 4.74 Å². The van der Waals surface area contributed by atoms with Gasteiger partial charge in [0.1, 0.15) is 0 Å². The lowest BCUT2D eigenvalue weighted by molar-refractivity contribution is 0.0378. The number of rotatable bonds is 3. The zero-order valence-electron chi connectivity index (χ0n) is 9.32. The number of hydrogen-bond donors (Lipinski definition) is 2. The Morgan fingerprint density at radius 3 is 3.06 bits per heavy atom. The first-order valence-corrected chi connectivity index (χ1v) is 5.83. The minimum absolute atomic E-state index is 0.000278. The number of ether oxygens (including phenoxy) is 1. The Morgan fingerprint density at radius 1 is 1.75 bits per heavy atom. The number of aromatic nitrogens is 2. The second-order valence-electron chi connectivity index (χ2n) is 4.12. The summed E-state index contributed by atoms with van der Waals surface area (Å²) in [6, 6.07) is 0.000278. The number of aryl methyl sites for hydroxylation is 1. The summed E-state index contributed by atoms with van der Waals surface area (Å²) in [5.41, 5.74) is 3.76. The van der Waals surface area contributed by atoms with Crippen molar-refractivity contribution in [3.63, 3.8) is 0 Å². The van der Waals surface area contributed by atoms with Gasteiger partial charge in [-0.25, -0.2) is 0 Å². The molecular formula is C10H17ClN4O. The molecule has 2 unspecified atom stereocenters. The van der Waals surface area contributed by atoms with Gasteiger partial charge in [0.15, 0.2) is 0 Å². The van der Waals surface area contributed by atoms with E-state index in [0.717, 1.165) is 31.7 Å². The summed E-state index contributed by atoms with van der Waals surface area (Å²) in [6.07, 6.45) is 3.81. The Kier molecular flexibility index (Phi) is 3.81. The number of nitrogens with two attached hydrogens (primary N) is 1. The predicted octanol–water partition coefficient (Wildman–Crippen LogP) is 1.00. The maximum atomic E-state index is 6.12. The van der Waals surface area contributed by atoms with Crippen LogP contribution >= 0.6 is 11.6 Å². The summed E-state index contributed by atoms with van der Waals surface area (Å²) in [5, 5.41) is 4.78. The zero-order valence-corrected chi connectivity index (χ0v) is 10.1. The number of hydrazine groups is 1. The van der Waals surface area contributed by atoms with Crippen LogP contribution in [0.15, 0.2) is 6.20 Å². The first kappa shape index (κ1) is 11.9. The number of nitrogens with one attached hydrogen (secondary N) is 1. The van der Waals surface area contributed by atoms with Crippen molar-refractivity contribution in [3.8, 4) is 0 Å². The van der Waals surface area contributed by atoms with Crippen LogP contribution in [0.25, 0.3) is 0 Å². The average Bonchev–Trinajstić information content (AvgIpc) is 2.63. The third-order valence-corrected chi connectivity index (χ3v) is 3.37. The Balaban J connectivity index is 2.21. The maximum Gasteiger partial charge on any atom is 0.0834 e. The van der Waals surface area contributed by atoms with Gasteiger partial charge in [0.05, 0.1) is 29.6 Å². The van der Waals surface area contributed by atoms with Crippen molar-refractivity contribution in [3.05, 3.63) is 16.9 Å². The van der Waals surface area contributed by atoms with E-state index in [4.69, 9.17) is 22.2 Å². The van der Waals surface area contributed by atoms with Crippen molar-refractivity contribution in [2.45, 2.75) is 18.9 Å². The molecule has 1 aromatic rings. The lowest BCUT2D eigenvalue weighted by atomic mass is 9.92. The second-order valence-corrected chi connectivity index (χ2v) is 4.53. The zero-order chi connectivity index (χ0) is 11.5. The molecule has 5 nitrogen and oxygen atoms in total. The van der Waals surface area contributed by atoms with Gasteiger partial charge in [0.25, 0.3) is 0 Å². The van der Waals surface area contributed by atoms with Gasteiger partial charge >= 0.3 is 0 Å². The Hall–Kier alpha value is -0.620. The molecule has 6 heteroatoms. The van der Waals surface area contributed by atoms with Crippen molar-refractivity contribution in [2.75, 3.05) is 13.2 Å². The second kappa shape index (κ2) is 5.14. The molecule has 0 amide bonds. The minimum atomic E-state index is 0.000278. The van der Waals surface area contributed by atoms with Crippen LogP contribution in [0, 0.1) is 5.92 Å². The van der Waals surface area contributed by atoms with E-state index in [1.54, 1.807) is 10.9 Å². The first-order chi connectivity index (χ1) is 7.74. The molecule has 1 aliphatic rings. The lowest BCUT2D eigenvalue weighted by Crippen LogP contribution is -2.38. The van der Waals surface area contributed by atoms with Crippen molar-refractivity contribution in [1.29, 1.82) is 0 Å². The van der Waals surface area contributed by atoms with E-state index >= 15 is 0 Å². The smallest absolute Gasteiger partial charge is 0.0834 e. The van der Waals surface area contributed by atoms with Gasteiger partial charge in [0.2, 0.25) is 0 Å². The van der Waals surface area contributed by atoms with Crippen LogP contribution in [-0.4, -0.2) is 23.0 Å². The molecule has 0 saturated carbocycles. The summed E-state index contributed by atoms with van der Waals surface area (Å²) in [5.74, 6) is 5.98. The van der Waals surface area contributed by atoms with Gasteiger partial charge in [-0.3, -0.25) is 16.0 Å². The fourth-order valence-electron chi connectivity index (χ4n) is 2.24. The van der Waals surface area contributed by atoms with E-state index in [1.807, 2.05) is 7.05 Å². The quantitative estimate of drug-likeness (QED) is 0.615. The first-order valence-electron chi connectivity index (χ1n) is 5.45. The third kappa shape index (κ3) is 2.22.